The average molecular weight is 281 g/mol. The Morgan fingerprint density at radius 1 is 1.14 bits per heavy atom. The number of aromatic nitrogens is 2. The fraction of sp³-hybridized carbons (Fsp3) is 0.250. The molecule has 0 spiro atoms. The maximum absolute atomic E-state index is 5.88. The number of nitrogens with one attached hydrogen (secondary N) is 1. The number of hydrogen-bond donors (Lipinski definition) is 2. The Morgan fingerprint density at radius 2 is 2.00 bits per heavy atom. The Balaban J connectivity index is 2.12. The molecule has 5 nitrogen and oxygen atoms in total. The molecule has 0 radical (unpaired) electrons. The molecule has 1 aromatic carbocycles. The van der Waals surface area contributed by atoms with Crippen molar-refractivity contribution in [2.75, 3.05) is 38.2 Å². The van der Waals surface area contributed by atoms with E-state index in [1.807, 2.05) is 30.5 Å². The number of benzene rings is 1. The first-order chi connectivity index (χ1) is 10.1. The van der Waals surface area contributed by atoms with Gasteiger partial charge in [0.25, 0.3) is 0 Å². The Bertz CT molecular complexity index is 782. The summed E-state index contributed by atoms with van der Waals surface area (Å²) in [5, 5.41) is 6.66. The first-order valence-electron chi connectivity index (χ1n) is 6.97. The van der Waals surface area contributed by atoms with Gasteiger partial charge in [-0.05, 0) is 32.3 Å². The summed E-state index contributed by atoms with van der Waals surface area (Å²) in [7, 11) is 4.11. The van der Waals surface area contributed by atoms with Gasteiger partial charge in [0.1, 0.15) is 5.82 Å². The van der Waals surface area contributed by atoms with Crippen LogP contribution in [0.15, 0.2) is 36.7 Å². The predicted molar refractivity (Wildman–Crippen MR) is 88.5 cm³/mol. The highest BCUT2D eigenvalue weighted by Gasteiger charge is 2.08. The van der Waals surface area contributed by atoms with Crippen molar-refractivity contribution in [1.82, 2.24) is 14.9 Å². The zero-order valence-corrected chi connectivity index (χ0v) is 12.3. The van der Waals surface area contributed by atoms with Crippen molar-refractivity contribution >= 4 is 33.2 Å². The standard InChI is InChI=1S/C16H19N5/c1-21(2)8-7-19-16-13-5-6-18-10-14(13)12-4-3-11(17)9-15(12)20-16/h3-6,9-10H,7-8,17H2,1-2H3,(H,19,20). The lowest BCUT2D eigenvalue weighted by Crippen LogP contribution is -2.21. The third-order valence-electron chi connectivity index (χ3n) is 3.47. The van der Waals surface area contributed by atoms with E-state index in [-0.39, 0.29) is 0 Å². The molecule has 3 aromatic rings. The maximum atomic E-state index is 5.88. The van der Waals surface area contributed by atoms with Gasteiger partial charge in [-0.15, -0.1) is 0 Å². The molecule has 0 unspecified atom stereocenters. The number of anilines is 2. The van der Waals surface area contributed by atoms with Crippen LogP contribution in [-0.4, -0.2) is 42.1 Å². The highest BCUT2D eigenvalue weighted by atomic mass is 15.1. The molecule has 0 amide bonds. The SMILES string of the molecule is CN(C)CCNc1nc2cc(N)ccc2c2cnccc12. The fourth-order valence-corrected chi connectivity index (χ4v) is 2.40. The maximum Gasteiger partial charge on any atom is 0.134 e. The Morgan fingerprint density at radius 3 is 2.81 bits per heavy atom. The van der Waals surface area contributed by atoms with Gasteiger partial charge in [-0.2, -0.15) is 0 Å². The van der Waals surface area contributed by atoms with E-state index in [1.54, 1.807) is 6.20 Å². The molecular weight excluding hydrogens is 262 g/mol. The average Bonchev–Trinajstić information content (AvgIpc) is 2.46. The Hall–Kier alpha value is -2.40. The minimum atomic E-state index is 0.720. The number of pyridine rings is 2. The van der Waals surface area contributed by atoms with Crippen LogP contribution in [0.4, 0.5) is 11.5 Å². The van der Waals surface area contributed by atoms with Gasteiger partial charge in [-0.1, -0.05) is 6.07 Å². The molecular formula is C16H19N5. The Kier molecular flexibility index (Phi) is 3.58. The van der Waals surface area contributed by atoms with Gasteiger partial charge in [0, 0.05) is 47.3 Å². The van der Waals surface area contributed by atoms with Crippen LogP contribution >= 0.6 is 0 Å². The quantitative estimate of drug-likeness (QED) is 0.567. The lowest BCUT2D eigenvalue weighted by atomic mass is 10.1. The molecule has 21 heavy (non-hydrogen) atoms. The van der Waals surface area contributed by atoms with E-state index in [0.29, 0.717) is 0 Å². The molecule has 3 rings (SSSR count). The van der Waals surface area contributed by atoms with Crippen molar-refractivity contribution in [2.24, 2.45) is 0 Å². The number of likely N-dealkylation sites (N-methyl/N-ethyl adjacent to an activating group) is 1. The molecule has 0 saturated heterocycles. The van der Waals surface area contributed by atoms with Gasteiger partial charge >= 0.3 is 0 Å². The summed E-state index contributed by atoms with van der Waals surface area (Å²) in [4.78, 5) is 11.1. The molecule has 0 saturated carbocycles. The summed E-state index contributed by atoms with van der Waals surface area (Å²) in [6.45, 7) is 1.79. The summed E-state index contributed by atoms with van der Waals surface area (Å²) in [5.74, 6) is 0.882. The monoisotopic (exact) mass is 281 g/mol. The molecule has 2 aromatic heterocycles. The molecule has 0 fully saturated rings. The van der Waals surface area contributed by atoms with Gasteiger partial charge < -0.3 is 16.0 Å². The first-order valence-corrected chi connectivity index (χ1v) is 6.97. The molecule has 0 atom stereocenters. The van der Waals surface area contributed by atoms with Gasteiger partial charge in [-0.25, -0.2) is 4.98 Å². The lowest BCUT2D eigenvalue weighted by molar-refractivity contribution is 0.425. The van der Waals surface area contributed by atoms with Crippen molar-refractivity contribution in [3.05, 3.63) is 36.7 Å². The number of nitrogens with two attached hydrogens (primary N) is 1. The van der Waals surface area contributed by atoms with Crippen molar-refractivity contribution < 1.29 is 0 Å². The van der Waals surface area contributed by atoms with Crippen molar-refractivity contribution in [2.45, 2.75) is 0 Å². The van der Waals surface area contributed by atoms with E-state index in [4.69, 9.17) is 10.7 Å². The number of hydrogen-bond acceptors (Lipinski definition) is 5. The summed E-state index contributed by atoms with van der Waals surface area (Å²) in [6, 6.07) is 7.80. The van der Waals surface area contributed by atoms with Crippen LogP contribution in [0, 0.1) is 0 Å². The summed E-state index contributed by atoms with van der Waals surface area (Å²) in [5.41, 5.74) is 7.49. The summed E-state index contributed by atoms with van der Waals surface area (Å²) < 4.78 is 0. The zero-order valence-electron chi connectivity index (χ0n) is 12.3. The second-order valence-electron chi connectivity index (χ2n) is 5.39. The smallest absolute Gasteiger partial charge is 0.134 e. The molecule has 2 heterocycles. The van der Waals surface area contributed by atoms with E-state index in [9.17, 15) is 0 Å². The molecule has 0 aliphatic carbocycles. The van der Waals surface area contributed by atoms with E-state index in [0.717, 1.165) is 46.3 Å². The highest BCUT2D eigenvalue weighted by Crippen LogP contribution is 2.29. The van der Waals surface area contributed by atoms with Gasteiger partial charge in [0.05, 0.1) is 5.52 Å². The van der Waals surface area contributed by atoms with E-state index in [2.05, 4.69) is 29.3 Å². The second kappa shape index (κ2) is 5.54. The van der Waals surface area contributed by atoms with Crippen LogP contribution in [0.2, 0.25) is 0 Å². The van der Waals surface area contributed by atoms with Crippen LogP contribution in [0.5, 0.6) is 0 Å². The first kappa shape index (κ1) is 13.6. The molecule has 3 N–H and O–H groups in total. The molecule has 108 valence electrons. The second-order valence-corrected chi connectivity index (χ2v) is 5.39. The number of fused-ring (bicyclic) bond motifs is 3. The third-order valence-corrected chi connectivity index (χ3v) is 3.47. The lowest BCUT2D eigenvalue weighted by Gasteiger charge is -2.14. The van der Waals surface area contributed by atoms with E-state index in [1.165, 1.54) is 0 Å². The van der Waals surface area contributed by atoms with Crippen molar-refractivity contribution in [3.8, 4) is 0 Å². The molecule has 0 bridgehead atoms. The third kappa shape index (κ3) is 2.73. The minimum Gasteiger partial charge on any atom is -0.399 e. The van der Waals surface area contributed by atoms with Crippen molar-refractivity contribution in [3.63, 3.8) is 0 Å². The van der Waals surface area contributed by atoms with Crippen LogP contribution in [0.1, 0.15) is 0 Å². The molecule has 5 heteroatoms. The summed E-state index contributed by atoms with van der Waals surface area (Å²) in [6.07, 6.45) is 3.68. The molecule has 0 aliphatic heterocycles. The normalized spacial score (nSPS) is 11.4. The topological polar surface area (TPSA) is 67.1 Å². The number of rotatable bonds is 4. The van der Waals surface area contributed by atoms with Crippen molar-refractivity contribution in [1.29, 1.82) is 0 Å². The van der Waals surface area contributed by atoms with Crippen LogP contribution < -0.4 is 11.1 Å². The summed E-state index contributed by atoms with van der Waals surface area (Å²) >= 11 is 0. The largest absolute Gasteiger partial charge is 0.399 e. The van der Waals surface area contributed by atoms with Crippen LogP contribution in [-0.2, 0) is 0 Å². The highest BCUT2D eigenvalue weighted by molar-refractivity contribution is 6.10. The van der Waals surface area contributed by atoms with E-state index >= 15 is 0 Å². The van der Waals surface area contributed by atoms with Crippen LogP contribution in [0.25, 0.3) is 21.7 Å². The molecule has 0 aliphatic rings. The number of nitrogen functional groups attached to an aromatic ring is 1. The number of nitrogens with zero attached hydrogens (tertiary/aromatic N) is 3. The van der Waals surface area contributed by atoms with Gasteiger partial charge in [0.2, 0.25) is 0 Å². The van der Waals surface area contributed by atoms with E-state index < -0.39 is 0 Å². The predicted octanol–water partition coefficient (Wildman–Crippen LogP) is 2.34. The minimum absolute atomic E-state index is 0.720. The van der Waals surface area contributed by atoms with Crippen LogP contribution in [0.3, 0.4) is 0 Å². The zero-order chi connectivity index (χ0) is 14.8. The van der Waals surface area contributed by atoms with Gasteiger partial charge in [0.15, 0.2) is 0 Å². The fourth-order valence-electron chi connectivity index (χ4n) is 2.40. The Labute approximate surface area is 123 Å². The van der Waals surface area contributed by atoms with Gasteiger partial charge in [-0.3, -0.25) is 4.98 Å².